The number of benzene rings is 1. The summed E-state index contributed by atoms with van der Waals surface area (Å²) >= 11 is 6.15. The Balaban J connectivity index is 0.000000647. The van der Waals surface area contributed by atoms with Crippen molar-refractivity contribution in [3.05, 3.63) is 29.3 Å². The van der Waals surface area contributed by atoms with Crippen LogP contribution in [0.2, 0.25) is 5.02 Å². The summed E-state index contributed by atoms with van der Waals surface area (Å²) in [6, 6.07) is 7.77. The Morgan fingerprint density at radius 2 is 1.62 bits per heavy atom. The van der Waals surface area contributed by atoms with E-state index in [2.05, 4.69) is 9.80 Å². The van der Waals surface area contributed by atoms with Crippen molar-refractivity contribution in [2.24, 2.45) is 0 Å². The van der Waals surface area contributed by atoms with Crippen molar-refractivity contribution in [2.45, 2.75) is 31.8 Å². The number of hydrogen-bond donors (Lipinski definition) is 1. The molecule has 1 aromatic carbocycles. The molecule has 0 aliphatic carbocycles. The lowest BCUT2D eigenvalue weighted by atomic mass is 10.1. The van der Waals surface area contributed by atoms with Crippen LogP contribution in [0.4, 0.5) is 0 Å². The van der Waals surface area contributed by atoms with E-state index >= 15 is 0 Å². The summed E-state index contributed by atoms with van der Waals surface area (Å²) in [6.45, 7) is 7.07. The van der Waals surface area contributed by atoms with Gasteiger partial charge >= 0.3 is 0 Å². The molecule has 0 unspecified atom stereocenters. The molecule has 5 nitrogen and oxygen atoms in total. The molecule has 2 fully saturated rings. The molecule has 2 aliphatic heterocycles. The van der Waals surface area contributed by atoms with Crippen molar-refractivity contribution in [2.75, 3.05) is 39.3 Å². The molecule has 0 bridgehead atoms. The van der Waals surface area contributed by atoms with Crippen LogP contribution in [-0.2, 0) is 4.79 Å². The van der Waals surface area contributed by atoms with E-state index in [-0.39, 0.29) is 6.47 Å². The third-order valence-corrected chi connectivity index (χ3v) is 4.91. The number of carboxylic acid groups (broad SMARTS) is 1. The maximum Gasteiger partial charge on any atom is 0.290 e. The summed E-state index contributed by atoms with van der Waals surface area (Å²) in [4.78, 5) is 13.5. The van der Waals surface area contributed by atoms with Crippen molar-refractivity contribution in [3.63, 3.8) is 0 Å². The zero-order valence-corrected chi connectivity index (χ0v) is 14.8. The van der Waals surface area contributed by atoms with Gasteiger partial charge in [0.25, 0.3) is 6.47 Å². The fraction of sp³-hybridized carbons (Fsp3) is 0.611. The molecule has 1 N–H and O–H groups in total. The van der Waals surface area contributed by atoms with Crippen LogP contribution in [0.15, 0.2) is 24.3 Å². The lowest BCUT2D eigenvalue weighted by Gasteiger charge is -2.33. The third-order valence-electron chi connectivity index (χ3n) is 4.60. The standard InChI is InChI=1S/C17H25ClN2O.CH2O2/c18-16-5-1-2-6-17(16)21-15-7-11-20(12-8-15)14-13-19-9-3-4-10-19;2-1-3/h1-2,5-6,15H,3-4,7-14H2;1H,(H,2,3). The van der Waals surface area contributed by atoms with Crippen LogP contribution < -0.4 is 4.74 Å². The lowest BCUT2D eigenvalue weighted by Crippen LogP contribution is -2.41. The van der Waals surface area contributed by atoms with Gasteiger partial charge in [-0.1, -0.05) is 23.7 Å². The van der Waals surface area contributed by atoms with Gasteiger partial charge in [0.1, 0.15) is 11.9 Å². The number of nitrogens with zero attached hydrogens (tertiary/aromatic N) is 2. The number of halogens is 1. The van der Waals surface area contributed by atoms with Crippen LogP contribution in [0, 0.1) is 0 Å². The smallest absolute Gasteiger partial charge is 0.290 e. The van der Waals surface area contributed by atoms with Crippen LogP contribution >= 0.6 is 11.6 Å². The average Bonchev–Trinajstić information content (AvgIpc) is 3.11. The lowest BCUT2D eigenvalue weighted by molar-refractivity contribution is -0.122. The zero-order valence-electron chi connectivity index (χ0n) is 14.1. The molecule has 24 heavy (non-hydrogen) atoms. The summed E-state index contributed by atoms with van der Waals surface area (Å²) in [5.74, 6) is 0.828. The van der Waals surface area contributed by atoms with Crippen LogP contribution in [0.5, 0.6) is 5.75 Å². The summed E-state index contributed by atoms with van der Waals surface area (Å²) in [5, 5.41) is 7.61. The van der Waals surface area contributed by atoms with Gasteiger partial charge in [0.05, 0.1) is 5.02 Å². The van der Waals surface area contributed by atoms with Gasteiger partial charge in [-0.2, -0.15) is 0 Å². The molecule has 0 radical (unpaired) electrons. The number of likely N-dealkylation sites (tertiary alicyclic amines) is 2. The quantitative estimate of drug-likeness (QED) is 0.824. The minimum Gasteiger partial charge on any atom is -0.489 e. The number of carbonyl (C=O) groups is 1. The predicted octanol–water partition coefficient (Wildman–Crippen LogP) is 2.98. The number of para-hydroxylation sites is 1. The molecule has 3 rings (SSSR count). The van der Waals surface area contributed by atoms with E-state index in [1.54, 1.807) is 0 Å². The molecule has 1 aromatic rings. The maximum absolute atomic E-state index is 8.36. The molecule has 2 heterocycles. The van der Waals surface area contributed by atoms with Crippen molar-refractivity contribution in [3.8, 4) is 5.75 Å². The van der Waals surface area contributed by atoms with E-state index in [0.717, 1.165) is 31.7 Å². The molecule has 0 amide bonds. The first kappa shape index (κ1) is 19.0. The van der Waals surface area contributed by atoms with E-state index in [9.17, 15) is 0 Å². The minimum absolute atomic E-state index is 0.250. The van der Waals surface area contributed by atoms with Gasteiger partial charge in [0, 0.05) is 26.2 Å². The fourth-order valence-electron chi connectivity index (χ4n) is 3.26. The Labute approximate surface area is 149 Å². The Kier molecular flexibility index (Phi) is 8.36. The normalized spacial score (nSPS) is 19.5. The number of hydrogen-bond acceptors (Lipinski definition) is 4. The Bertz CT molecular complexity index is 487. The second kappa shape index (κ2) is 10.5. The summed E-state index contributed by atoms with van der Waals surface area (Å²) in [6.07, 6.45) is 5.28. The largest absolute Gasteiger partial charge is 0.489 e. The highest BCUT2D eigenvalue weighted by Gasteiger charge is 2.22. The number of ether oxygens (including phenoxy) is 1. The summed E-state index contributed by atoms with van der Waals surface area (Å²) in [7, 11) is 0. The van der Waals surface area contributed by atoms with E-state index in [1.807, 2.05) is 24.3 Å². The van der Waals surface area contributed by atoms with Gasteiger partial charge in [-0.15, -0.1) is 0 Å². The molecule has 2 saturated heterocycles. The van der Waals surface area contributed by atoms with Crippen molar-refractivity contribution in [1.82, 2.24) is 9.80 Å². The van der Waals surface area contributed by atoms with E-state index in [1.165, 1.54) is 39.0 Å². The number of piperidine rings is 1. The predicted molar refractivity (Wildman–Crippen MR) is 95.9 cm³/mol. The highest BCUT2D eigenvalue weighted by Crippen LogP contribution is 2.26. The molecule has 0 spiro atoms. The highest BCUT2D eigenvalue weighted by atomic mass is 35.5. The second-order valence-electron chi connectivity index (χ2n) is 6.24. The Morgan fingerprint density at radius 3 is 2.21 bits per heavy atom. The first-order chi connectivity index (χ1) is 11.7. The maximum atomic E-state index is 8.36. The van der Waals surface area contributed by atoms with Crippen LogP contribution in [0.1, 0.15) is 25.7 Å². The zero-order chi connectivity index (χ0) is 17.2. The molecular formula is C18H27ClN2O3. The van der Waals surface area contributed by atoms with E-state index < -0.39 is 0 Å². The van der Waals surface area contributed by atoms with Gasteiger partial charge in [0.15, 0.2) is 0 Å². The van der Waals surface area contributed by atoms with Gasteiger partial charge in [-0.05, 0) is 50.9 Å². The van der Waals surface area contributed by atoms with Gasteiger partial charge in [0.2, 0.25) is 0 Å². The van der Waals surface area contributed by atoms with Crippen molar-refractivity contribution in [1.29, 1.82) is 0 Å². The first-order valence-electron chi connectivity index (χ1n) is 8.66. The van der Waals surface area contributed by atoms with Gasteiger partial charge in [-0.3, -0.25) is 4.79 Å². The molecule has 0 aromatic heterocycles. The van der Waals surface area contributed by atoms with E-state index in [0.29, 0.717) is 11.1 Å². The van der Waals surface area contributed by atoms with Crippen molar-refractivity contribution >= 4 is 18.1 Å². The Hall–Kier alpha value is -1.30. The minimum atomic E-state index is -0.250. The fourth-order valence-corrected chi connectivity index (χ4v) is 3.44. The topological polar surface area (TPSA) is 53.0 Å². The molecular weight excluding hydrogens is 328 g/mol. The summed E-state index contributed by atoms with van der Waals surface area (Å²) in [5.41, 5.74) is 0. The van der Waals surface area contributed by atoms with Crippen LogP contribution in [-0.4, -0.2) is 66.8 Å². The highest BCUT2D eigenvalue weighted by molar-refractivity contribution is 6.32. The SMILES string of the molecule is Clc1ccccc1OC1CCN(CCN2CCCC2)CC1.O=CO. The van der Waals surface area contributed by atoms with Crippen LogP contribution in [0.25, 0.3) is 0 Å². The monoisotopic (exact) mass is 354 g/mol. The van der Waals surface area contributed by atoms with Gasteiger partial charge in [-0.25, -0.2) is 0 Å². The first-order valence-corrected chi connectivity index (χ1v) is 9.04. The van der Waals surface area contributed by atoms with Gasteiger partial charge < -0.3 is 19.6 Å². The Morgan fingerprint density at radius 1 is 1.08 bits per heavy atom. The van der Waals surface area contributed by atoms with Crippen molar-refractivity contribution < 1.29 is 14.6 Å². The molecule has 0 saturated carbocycles. The molecule has 0 atom stereocenters. The van der Waals surface area contributed by atoms with E-state index in [4.69, 9.17) is 26.2 Å². The van der Waals surface area contributed by atoms with Crippen LogP contribution in [0.3, 0.4) is 0 Å². The molecule has 2 aliphatic rings. The third kappa shape index (κ3) is 6.30. The molecule has 6 heteroatoms. The molecule has 134 valence electrons. The number of rotatable bonds is 5. The average molecular weight is 355 g/mol. The second-order valence-corrected chi connectivity index (χ2v) is 6.65. The summed E-state index contributed by atoms with van der Waals surface area (Å²) < 4.78 is 6.04.